The maximum Gasteiger partial charge on any atom is 0.119 e. The molecule has 0 amide bonds. The molecule has 0 unspecified atom stereocenters. The molecule has 3 heteroatoms. The second kappa shape index (κ2) is 8.39. The molecule has 1 aliphatic rings. The summed E-state index contributed by atoms with van der Waals surface area (Å²) in [5, 5.41) is 0. The van der Waals surface area contributed by atoms with E-state index in [1.54, 1.807) is 0 Å². The Morgan fingerprint density at radius 1 is 1.20 bits per heavy atom. The summed E-state index contributed by atoms with van der Waals surface area (Å²) in [6.07, 6.45) is 5.72. The minimum absolute atomic E-state index is 0.202. The third-order valence-corrected chi connectivity index (χ3v) is 5.42. The highest BCUT2D eigenvalue weighted by atomic mass is 32.2. The molecule has 0 fully saturated rings. The summed E-state index contributed by atoms with van der Waals surface area (Å²) in [5.74, 6) is 1.83. The maximum atomic E-state index is 5.71. The minimum Gasteiger partial charge on any atom is -0.491 e. The van der Waals surface area contributed by atoms with Crippen LogP contribution in [0.2, 0.25) is 0 Å². The van der Waals surface area contributed by atoms with Gasteiger partial charge in [0.15, 0.2) is 0 Å². The molecule has 0 N–H and O–H groups in total. The number of hydrogen-bond donors (Lipinski definition) is 0. The van der Waals surface area contributed by atoms with Gasteiger partial charge in [0.2, 0.25) is 0 Å². The zero-order chi connectivity index (χ0) is 17.6. The van der Waals surface area contributed by atoms with E-state index in [1.165, 1.54) is 46.4 Å². The van der Waals surface area contributed by atoms with Crippen LogP contribution in [0.15, 0.2) is 53.7 Å². The lowest BCUT2D eigenvalue weighted by atomic mass is 10.0. The van der Waals surface area contributed by atoms with Crippen molar-refractivity contribution in [2.24, 2.45) is 4.99 Å². The Morgan fingerprint density at radius 3 is 2.72 bits per heavy atom. The summed E-state index contributed by atoms with van der Waals surface area (Å²) < 4.78 is 5.71. The van der Waals surface area contributed by atoms with Gasteiger partial charge < -0.3 is 4.74 Å². The van der Waals surface area contributed by atoms with Crippen LogP contribution in [0.3, 0.4) is 0 Å². The average molecular weight is 352 g/mol. The van der Waals surface area contributed by atoms with Gasteiger partial charge in [-0.05, 0) is 74.2 Å². The van der Waals surface area contributed by atoms with E-state index in [-0.39, 0.29) is 6.10 Å². The SMILES string of the molecule is C=N/C=C(\SCc1ccc(OC(C)C)cc1)c1cccc2c1CCC2. The molecule has 1 aliphatic carbocycles. The smallest absolute Gasteiger partial charge is 0.119 e. The summed E-state index contributed by atoms with van der Waals surface area (Å²) in [6, 6.07) is 15.0. The van der Waals surface area contributed by atoms with Crippen molar-refractivity contribution in [3.05, 3.63) is 70.9 Å². The highest BCUT2D eigenvalue weighted by molar-refractivity contribution is 8.07. The molecule has 2 aromatic rings. The number of rotatable bonds is 7. The van der Waals surface area contributed by atoms with Crippen molar-refractivity contribution in [3.8, 4) is 5.75 Å². The molecule has 0 heterocycles. The van der Waals surface area contributed by atoms with E-state index in [0.29, 0.717) is 0 Å². The number of aryl methyl sites for hydroxylation is 1. The molecular formula is C22H25NOS. The predicted molar refractivity (Wildman–Crippen MR) is 109 cm³/mol. The van der Waals surface area contributed by atoms with Crippen molar-refractivity contribution in [2.75, 3.05) is 0 Å². The molecule has 0 saturated heterocycles. The van der Waals surface area contributed by atoms with Gasteiger partial charge in [-0.25, -0.2) is 0 Å². The van der Waals surface area contributed by atoms with Gasteiger partial charge in [0, 0.05) is 16.9 Å². The van der Waals surface area contributed by atoms with E-state index in [2.05, 4.69) is 42.0 Å². The van der Waals surface area contributed by atoms with Crippen LogP contribution in [-0.2, 0) is 18.6 Å². The molecule has 0 atom stereocenters. The fraction of sp³-hybridized carbons (Fsp3) is 0.318. The summed E-state index contributed by atoms with van der Waals surface area (Å²) in [4.78, 5) is 5.25. The second-order valence-electron chi connectivity index (χ2n) is 6.57. The Hall–Kier alpha value is -2.00. The van der Waals surface area contributed by atoms with E-state index < -0.39 is 0 Å². The zero-order valence-corrected chi connectivity index (χ0v) is 15.8. The summed E-state index contributed by atoms with van der Waals surface area (Å²) in [5.41, 5.74) is 5.59. The van der Waals surface area contributed by atoms with Gasteiger partial charge in [0.05, 0.1) is 6.10 Å². The monoisotopic (exact) mass is 351 g/mol. The van der Waals surface area contributed by atoms with Crippen LogP contribution >= 0.6 is 11.8 Å². The number of fused-ring (bicyclic) bond motifs is 1. The summed E-state index contributed by atoms with van der Waals surface area (Å²) in [7, 11) is 0. The van der Waals surface area contributed by atoms with E-state index in [9.17, 15) is 0 Å². The van der Waals surface area contributed by atoms with E-state index in [4.69, 9.17) is 4.74 Å². The lowest BCUT2D eigenvalue weighted by Gasteiger charge is -2.13. The first-order chi connectivity index (χ1) is 12.2. The summed E-state index contributed by atoms with van der Waals surface area (Å²) in [6.45, 7) is 7.74. The number of ether oxygens (including phenoxy) is 1. The maximum absolute atomic E-state index is 5.71. The zero-order valence-electron chi connectivity index (χ0n) is 15.0. The van der Waals surface area contributed by atoms with Gasteiger partial charge in [-0.1, -0.05) is 30.3 Å². The molecule has 2 aromatic carbocycles. The van der Waals surface area contributed by atoms with Gasteiger partial charge >= 0.3 is 0 Å². The van der Waals surface area contributed by atoms with Crippen molar-refractivity contribution in [2.45, 2.75) is 45.0 Å². The van der Waals surface area contributed by atoms with Crippen molar-refractivity contribution < 1.29 is 4.74 Å². The summed E-state index contributed by atoms with van der Waals surface area (Å²) >= 11 is 1.82. The van der Waals surface area contributed by atoms with Crippen LogP contribution in [0.4, 0.5) is 0 Å². The molecule has 130 valence electrons. The van der Waals surface area contributed by atoms with Crippen LogP contribution in [0.1, 0.15) is 42.5 Å². The molecule has 0 saturated carbocycles. The molecule has 0 bridgehead atoms. The van der Waals surface area contributed by atoms with Crippen LogP contribution in [-0.4, -0.2) is 12.8 Å². The Balaban J connectivity index is 1.72. The number of nitrogens with zero attached hydrogens (tertiary/aromatic N) is 1. The van der Waals surface area contributed by atoms with Crippen LogP contribution < -0.4 is 4.74 Å². The van der Waals surface area contributed by atoms with Gasteiger partial charge in [-0.3, -0.25) is 4.99 Å². The lowest BCUT2D eigenvalue weighted by Crippen LogP contribution is -2.05. The lowest BCUT2D eigenvalue weighted by molar-refractivity contribution is 0.242. The van der Waals surface area contributed by atoms with Crippen molar-refractivity contribution in [3.63, 3.8) is 0 Å². The quantitative estimate of drug-likeness (QED) is 0.580. The molecule has 3 rings (SSSR count). The van der Waals surface area contributed by atoms with E-state index in [1.807, 2.05) is 43.9 Å². The minimum atomic E-state index is 0.202. The Kier molecular flexibility index (Phi) is 5.98. The standard InChI is InChI=1S/C22H25NOS/c1-16(2)24-19-12-10-17(11-13-19)15-25-22(14-23-3)21-9-5-7-18-6-4-8-20(18)21/h5,7,9-14,16H,3-4,6,8,15H2,1-2H3/b22-14-. The molecule has 0 radical (unpaired) electrons. The van der Waals surface area contributed by atoms with Crippen molar-refractivity contribution in [1.29, 1.82) is 0 Å². The first-order valence-electron chi connectivity index (χ1n) is 8.83. The molecule has 0 spiro atoms. The van der Waals surface area contributed by atoms with Gasteiger partial charge in [-0.2, -0.15) is 0 Å². The highest BCUT2D eigenvalue weighted by Crippen LogP contribution is 2.37. The highest BCUT2D eigenvalue weighted by Gasteiger charge is 2.17. The molecule has 2 nitrogen and oxygen atoms in total. The average Bonchev–Trinajstić information content (AvgIpc) is 3.08. The Morgan fingerprint density at radius 2 is 2.00 bits per heavy atom. The molecule has 0 aliphatic heterocycles. The van der Waals surface area contributed by atoms with Gasteiger partial charge in [0.25, 0.3) is 0 Å². The van der Waals surface area contributed by atoms with Crippen molar-refractivity contribution >= 4 is 23.4 Å². The van der Waals surface area contributed by atoms with Crippen LogP contribution in [0.25, 0.3) is 4.91 Å². The topological polar surface area (TPSA) is 21.6 Å². The Labute approximate surface area is 155 Å². The number of benzene rings is 2. The third kappa shape index (κ3) is 4.55. The molecule has 25 heavy (non-hydrogen) atoms. The number of aliphatic imine (C=N–C) groups is 1. The normalized spacial score (nSPS) is 13.8. The number of thioether (sulfide) groups is 1. The van der Waals surface area contributed by atoms with Crippen LogP contribution in [0.5, 0.6) is 5.75 Å². The van der Waals surface area contributed by atoms with E-state index >= 15 is 0 Å². The van der Waals surface area contributed by atoms with Gasteiger partial charge in [0.1, 0.15) is 5.75 Å². The first-order valence-corrected chi connectivity index (χ1v) is 9.81. The number of hydrogen-bond acceptors (Lipinski definition) is 3. The van der Waals surface area contributed by atoms with E-state index in [0.717, 1.165) is 11.5 Å². The fourth-order valence-electron chi connectivity index (χ4n) is 3.22. The molecule has 0 aromatic heterocycles. The fourth-order valence-corrected chi connectivity index (χ4v) is 4.23. The Bertz CT molecular complexity index is 762. The largest absolute Gasteiger partial charge is 0.491 e. The third-order valence-electron chi connectivity index (χ3n) is 4.31. The van der Waals surface area contributed by atoms with Crippen molar-refractivity contribution in [1.82, 2.24) is 0 Å². The second-order valence-corrected chi connectivity index (χ2v) is 7.59. The molecular weight excluding hydrogens is 326 g/mol. The van der Waals surface area contributed by atoms with Crippen LogP contribution in [0, 0.1) is 0 Å². The predicted octanol–water partition coefficient (Wildman–Crippen LogP) is 5.89. The van der Waals surface area contributed by atoms with Gasteiger partial charge in [-0.15, -0.1) is 11.8 Å². The first kappa shape index (κ1) is 17.8.